The lowest BCUT2D eigenvalue weighted by atomic mass is 10.0. The van der Waals surface area contributed by atoms with Gasteiger partial charge in [-0.25, -0.2) is 4.98 Å². The lowest BCUT2D eigenvalue weighted by Crippen LogP contribution is -2.19. The monoisotopic (exact) mass is 263 g/mol. The quantitative estimate of drug-likeness (QED) is 0.850. The number of hydrogen-bond donors (Lipinski definition) is 2. The van der Waals surface area contributed by atoms with Crippen molar-refractivity contribution in [1.82, 2.24) is 10.3 Å². The molecule has 1 unspecified atom stereocenters. The summed E-state index contributed by atoms with van der Waals surface area (Å²) in [6.07, 6.45) is 3.30. The molecule has 1 aliphatic heterocycles. The van der Waals surface area contributed by atoms with E-state index >= 15 is 0 Å². The maximum absolute atomic E-state index is 12.0. The van der Waals surface area contributed by atoms with Crippen molar-refractivity contribution in [2.45, 2.75) is 32.8 Å². The topological polar surface area (TPSA) is 63.2 Å². The molecule has 5 heteroatoms. The number of aromatic nitrogens is 1. The predicted molar refractivity (Wildman–Crippen MR) is 74.2 cm³/mol. The van der Waals surface area contributed by atoms with Crippen LogP contribution in [0.1, 0.15) is 26.7 Å². The average Bonchev–Trinajstić information content (AvgIpc) is 2.83. The van der Waals surface area contributed by atoms with Gasteiger partial charge in [-0.05, 0) is 51.4 Å². The molecule has 104 valence electrons. The van der Waals surface area contributed by atoms with Gasteiger partial charge >= 0.3 is 0 Å². The number of nitrogens with one attached hydrogen (secondary N) is 2. The predicted octanol–water partition coefficient (Wildman–Crippen LogP) is 1.81. The Morgan fingerprint density at radius 3 is 3.16 bits per heavy atom. The fourth-order valence-corrected chi connectivity index (χ4v) is 2.16. The van der Waals surface area contributed by atoms with Gasteiger partial charge in [0.25, 0.3) is 0 Å². The Bertz CT molecular complexity index is 428. The minimum atomic E-state index is 0.0234. The Hall–Kier alpha value is -1.62. The number of nitrogens with zero attached hydrogens (tertiary/aromatic N) is 1. The van der Waals surface area contributed by atoms with Crippen LogP contribution in [0.15, 0.2) is 18.3 Å². The van der Waals surface area contributed by atoms with Crippen LogP contribution in [0.3, 0.4) is 0 Å². The van der Waals surface area contributed by atoms with Gasteiger partial charge in [0.05, 0.1) is 6.10 Å². The summed E-state index contributed by atoms with van der Waals surface area (Å²) in [6.45, 7) is 5.80. The molecule has 2 heterocycles. The van der Waals surface area contributed by atoms with Crippen molar-refractivity contribution in [2.24, 2.45) is 5.92 Å². The molecule has 0 bridgehead atoms. The number of carbonyl (C=O) groups excluding carboxylic acids is 1. The molecule has 1 aromatic rings. The first-order chi connectivity index (χ1) is 9.15. The molecule has 1 atom stereocenters. The second kappa shape index (κ2) is 6.52. The zero-order valence-electron chi connectivity index (χ0n) is 11.5. The number of pyridine rings is 1. The summed E-state index contributed by atoms with van der Waals surface area (Å²) in [7, 11) is 0. The summed E-state index contributed by atoms with van der Waals surface area (Å²) in [5.41, 5.74) is 0.646. The molecule has 0 spiro atoms. The first kappa shape index (κ1) is 13.8. The van der Waals surface area contributed by atoms with Crippen LogP contribution in [0, 0.1) is 5.92 Å². The maximum Gasteiger partial charge on any atom is 0.238 e. The molecule has 1 fully saturated rings. The summed E-state index contributed by atoms with van der Waals surface area (Å²) in [4.78, 5) is 16.1. The molecule has 5 nitrogen and oxygen atoms in total. The van der Waals surface area contributed by atoms with Gasteiger partial charge in [0.15, 0.2) is 0 Å². The van der Waals surface area contributed by atoms with Gasteiger partial charge in [0, 0.05) is 12.6 Å². The van der Waals surface area contributed by atoms with Crippen molar-refractivity contribution in [3.8, 4) is 5.88 Å². The average molecular weight is 263 g/mol. The SMILES string of the molecule is CC(C)Oc1ncccc1NC(=O)CC1CCNC1. The van der Waals surface area contributed by atoms with E-state index in [0.717, 1.165) is 19.5 Å². The van der Waals surface area contributed by atoms with E-state index in [1.807, 2.05) is 19.9 Å². The van der Waals surface area contributed by atoms with Gasteiger partial charge in [-0.15, -0.1) is 0 Å². The third kappa shape index (κ3) is 4.21. The third-order valence-corrected chi connectivity index (χ3v) is 3.03. The molecule has 19 heavy (non-hydrogen) atoms. The summed E-state index contributed by atoms with van der Waals surface area (Å²) >= 11 is 0. The lowest BCUT2D eigenvalue weighted by Gasteiger charge is -2.14. The Morgan fingerprint density at radius 2 is 2.47 bits per heavy atom. The van der Waals surface area contributed by atoms with Gasteiger partial charge < -0.3 is 15.4 Å². The normalized spacial score (nSPS) is 18.6. The molecule has 0 radical (unpaired) electrons. The number of anilines is 1. The van der Waals surface area contributed by atoms with E-state index in [2.05, 4.69) is 15.6 Å². The number of carbonyl (C=O) groups is 1. The summed E-state index contributed by atoms with van der Waals surface area (Å²) in [6, 6.07) is 3.61. The van der Waals surface area contributed by atoms with E-state index in [1.54, 1.807) is 12.3 Å². The Kier molecular flexibility index (Phi) is 4.74. The summed E-state index contributed by atoms with van der Waals surface area (Å²) in [5.74, 6) is 0.942. The van der Waals surface area contributed by atoms with E-state index in [1.165, 1.54) is 0 Å². The van der Waals surface area contributed by atoms with Crippen molar-refractivity contribution in [3.63, 3.8) is 0 Å². The molecule has 1 saturated heterocycles. The Balaban J connectivity index is 1.95. The third-order valence-electron chi connectivity index (χ3n) is 3.03. The molecule has 2 rings (SSSR count). The van der Waals surface area contributed by atoms with E-state index in [-0.39, 0.29) is 12.0 Å². The van der Waals surface area contributed by atoms with E-state index in [4.69, 9.17) is 4.74 Å². The lowest BCUT2D eigenvalue weighted by molar-refractivity contribution is -0.117. The second-order valence-electron chi connectivity index (χ2n) is 5.13. The molecular formula is C14H21N3O2. The van der Waals surface area contributed by atoms with Gasteiger partial charge in [-0.3, -0.25) is 4.79 Å². The number of ether oxygens (including phenoxy) is 1. The molecular weight excluding hydrogens is 242 g/mol. The van der Waals surface area contributed by atoms with E-state index in [9.17, 15) is 4.79 Å². The van der Waals surface area contributed by atoms with Crippen molar-refractivity contribution in [3.05, 3.63) is 18.3 Å². The molecule has 0 aromatic carbocycles. The number of rotatable bonds is 5. The highest BCUT2D eigenvalue weighted by Crippen LogP contribution is 2.22. The fourth-order valence-electron chi connectivity index (χ4n) is 2.16. The standard InChI is InChI=1S/C14H21N3O2/c1-10(2)19-14-12(4-3-6-16-14)17-13(18)8-11-5-7-15-9-11/h3-4,6,10-11,15H,5,7-9H2,1-2H3,(H,17,18). The van der Waals surface area contributed by atoms with Gasteiger partial charge in [0.2, 0.25) is 11.8 Å². The largest absolute Gasteiger partial charge is 0.473 e. The molecule has 1 aromatic heterocycles. The molecule has 1 aliphatic rings. The van der Waals surface area contributed by atoms with Crippen LogP contribution in [0.5, 0.6) is 5.88 Å². The van der Waals surface area contributed by atoms with Crippen molar-refractivity contribution in [2.75, 3.05) is 18.4 Å². The van der Waals surface area contributed by atoms with Crippen LogP contribution < -0.4 is 15.4 Å². The van der Waals surface area contributed by atoms with E-state index < -0.39 is 0 Å². The van der Waals surface area contributed by atoms with Gasteiger partial charge in [0.1, 0.15) is 5.69 Å². The van der Waals surface area contributed by atoms with Crippen LogP contribution in [0.25, 0.3) is 0 Å². The van der Waals surface area contributed by atoms with Crippen LogP contribution in [-0.2, 0) is 4.79 Å². The number of amides is 1. The molecule has 1 amide bonds. The zero-order valence-corrected chi connectivity index (χ0v) is 11.5. The Labute approximate surface area is 113 Å². The van der Waals surface area contributed by atoms with Crippen molar-refractivity contribution < 1.29 is 9.53 Å². The van der Waals surface area contributed by atoms with Crippen LogP contribution >= 0.6 is 0 Å². The first-order valence-corrected chi connectivity index (χ1v) is 6.77. The minimum Gasteiger partial charge on any atom is -0.473 e. The number of hydrogen-bond acceptors (Lipinski definition) is 4. The Morgan fingerprint density at radius 1 is 1.63 bits per heavy atom. The van der Waals surface area contributed by atoms with Crippen LogP contribution in [-0.4, -0.2) is 30.1 Å². The highest BCUT2D eigenvalue weighted by molar-refractivity contribution is 5.92. The highest BCUT2D eigenvalue weighted by Gasteiger charge is 2.19. The minimum absolute atomic E-state index is 0.0234. The molecule has 2 N–H and O–H groups in total. The van der Waals surface area contributed by atoms with Gasteiger partial charge in [-0.2, -0.15) is 0 Å². The maximum atomic E-state index is 12.0. The molecule has 0 saturated carbocycles. The van der Waals surface area contributed by atoms with Crippen LogP contribution in [0.4, 0.5) is 5.69 Å². The smallest absolute Gasteiger partial charge is 0.238 e. The van der Waals surface area contributed by atoms with Crippen molar-refractivity contribution >= 4 is 11.6 Å². The zero-order chi connectivity index (χ0) is 13.7. The first-order valence-electron chi connectivity index (χ1n) is 6.77. The van der Waals surface area contributed by atoms with Crippen molar-refractivity contribution in [1.29, 1.82) is 0 Å². The van der Waals surface area contributed by atoms with Gasteiger partial charge in [-0.1, -0.05) is 0 Å². The van der Waals surface area contributed by atoms with E-state index in [0.29, 0.717) is 23.9 Å². The highest BCUT2D eigenvalue weighted by atomic mass is 16.5. The summed E-state index contributed by atoms with van der Waals surface area (Å²) < 4.78 is 5.58. The fraction of sp³-hybridized carbons (Fsp3) is 0.571. The molecule has 0 aliphatic carbocycles. The second-order valence-corrected chi connectivity index (χ2v) is 5.13. The van der Waals surface area contributed by atoms with Crippen LogP contribution in [0.2, 0.25) is 0 Å². The summed E-state index contributed by atoms with van der Waals surface area (Å²) in [5, 5.41) is 6.15.